The van der Waals surface area contributed by atoms with Crippen molar-refractivity contribution in [2.75, 3.05) is 0 Å². The van der Waals surface area contributed by atoms with Crippen molar-refractivity contribution in [1.29, 1.82) is 0 Å². The van der Waals surface area contributed by atoms with Crippen LogP contribution < -0.4 is 29.6 Å². The number of hydrogen-bond acceptors (Lipinski definition) is 5. The first-order valence-corrected chi connectivity index (χ1v) is 14.3. The van der Waals surface area contributed by atoms with E-state index in [2.05, 4.69) is 31.9 Å². The van der Waals surface area contributed by atoms with Gasteiger partial charge in [-0.1, -0.05) is 33.8 Å². The van der Waals surface area contributed by atoms with Crippen LogP contribution in [-0.2, 0) is 19.9 Å². The second-order valence-corrected chi connectivity index (χ2v) is 12.8. The molecule has 0 bridgehead atoms. The maximum Gasteiger partial charge on any atom is 1.00 e. The third-order valence-corrected chi connectivity index (χ3v) is 10.3. The monoisotopic (exact) mass is 646 g/mol. The zero-order valence-electron chi connectivity index (χ0n) is 22.4. The van der Waals surface area contributed by atoms with Gasteiger partial charge in [0.1, 0.15) is 16.4 Å². The van der Waals surface area contributed by atoms with Crippen LogP contribution in [0.25, 0.3) is 0 Å². The molecule has 3 aromatic rings. The molecule has 0 unspecified atom stereocenters. The van der Waals surface area contributed by atoms with Crippen LogP contribution >= 0.6 is 31.9 Å². The van der Waals surface area contributed by atoms with Crippen molar-refractivity contribution < 1.29 is 53.8 Å². The molecule has 2 N–H and O–H groups in total. The van der Waals surface area contributed by atoms with E-state index in [1.54, 1.807) is 38.1 Å². The van der Waals surface area contributed by atoms with Crippen molar-refractivity contribution >= 4 is 42.0 Å². The fourth-order valence-corrected chi connectivity index (χ4v) is 7.71. The van der Waals surface area contributed by atoms with E-state index >= 15 is 0 Å². The minimum Gasteiger partial charge on any atom is -1.00 e. The summed E-state index contributed by atoms with van der Waals surface area (Å²) in [6.07, 6.45) is 0. The number of phenols is 2. The van der Waals surface area contributed by atoms with Crippen molar-refractivity contribution in [3.63, 3.8) is 0 Å². The second-order valence-electron chi connectivity index (χ2n) is 9.72. The molecule has 4 rings (SSSR count). The van der Waals surface area contributed by atoms with Crippen molar-refractivity contribution in [3.05, 3.63) is 84.3 Å². The predicted molar refractivity (Wildman–Crippen MR) is 145 cm³/mol. The molecule has 9 heteroatoms. The molecule has 1 aliphatic rings. The fourth-order valence-electron chi connectivity index (χ4n) is 4.82. The molecule has 0 fully saturated rings. The van der Waals surface area contributed by atoms with E-state index in [1.807, 2.05) is 39.8 Å². The molecule has 0 atom stereocenters. The minimum atomic E-state index is -4.20. The number of aromatic hydroxyl groups is 2. The molecule has 0 saturated carbocycles. The van der Waals surface area contributed by atoms with Gasteiger partial charge in [0.15, 0.2) is 5.60 Å². The van der Waals surface area contributed by atoms with Gasteiger partial charge in [0.05, 0.1) is 4.47 Å². The smallest absolute Gasteiger partial charge is 1.00 e. The SMILES string of the molecule is Cc1cc(C2(c3cc(C)c(O)cc3C(C)C)OS(=O)(=O)c3c2ccc(Br)c3Br)c(C(C)C)cc1O.[H-].[Na+]. The topological polar surface area (TPSA) is 83.8 Å². The Kier molecular flexibility index (Phi) is 8.54. The molecule has 188 valence electrons. The van der Waals surface area contributed by atoms with Crippen LogP contribution in [0.3, 0.4) is 0 Å². The summed E-state index contributed by atoms with van der Waals surface area (Å²) in [6.45, 7) is 11.5. The standard InChI is InChI=1S/C27H28Br2O5S.Na.H/c1-13(2)17-11-23(30)15(5)9-20(17)27(21-10-16(6)24(31)12-18(21)14(3)4)19-7-8-22(28)25(29)26(19)35(32,33)34-27;;/h7-14,30-31H,1-6H3;;/q;+1;-1. The van der Waals surface area contributed by atoms with Crippen LogP contribution in [0.5, 0.6) is 11.5 Å². The van der Waals surface area contributed by atoms with Gasteiger partial charge >= 0.3 is 29.6 Å². The molecule has 0 aromatic heterocycles. The molecule has 5 nitrogen and oxygen atoms in total. The summed E-state index contributed by atoms with van der Waals surface area (Å²) >= 11 is 6.90. The van der Waals surface area contributed by atoms with Gasteiger partial charge in [0.25, 0.3) is 10.1 Å². The molecular weight excluding hydrogens is 619 g/mol. The van der Waals surface area contributed by atoms with Crippen LogP contribution in [0.1, 0.15) is 79.9 Å². The number of benzene rings is 3. The second kappa shape index (κ2) is 10.4. The summed E-state index contributed by atoms with van der Waals surface area (Å²) in [6, 6.07) is 10.6. The van der Waals surface area contributed by atoms with Crippen LogP contribution in [0.2, 0.25) is 0 Å². The van der Waals surface area contributed by atoms with E-state index in [4.69, 9.17) is 4.18 Å². The van der Waals surface area contributed by atoms with E-state index in [9.17, 15) is 18.6 Å². The van der Waals surface area contributed by atoms with E-state index < -0.39 is 15.7 Å². The van der Waals surface area contributed by atoms with Gasteiger partial charge in [0.2, 0.25) is 0 Å². The van der Waals surface area contributed by atoms with E-state index in [0.29, 0.717) is 36.8 Å². The number of fused-ring (bicyclic) bond motifs is 1. The van der Waals surface area contributed by atoms with Crippen molar-refractivity contribution in [3.8, 4) is 11.5 Å². The predicted octanol–water partition coefficient (Wildman–Crippen LogP) is 4.61. The minimum absolute atomic E-state index is 0. The number of phenolic OH excluding ortho intramolecular Hbond substituents is 2. The van der Waals surface area contributed by atoms with Crippen LogP contribution in [0.4, 0.5) is 0 Å². The Morgan fingerprint density at radius 3 is 1.69 bits per heavy atom. The summed E-state index contributed by atoms with van der Waals surface area (Å²) in [5.41, 5.74) is 3.01. The van der Waals surface area contributed by atoms with Crippen molar-refractivity contribution in [2.45, 2.75) is 63.9 Å². The van der Waals surface area contributed by atoms with Gasteiger partial charge in [-0.25, -0.2) is 4.18 Å². The van der Waals surface area contributed by atoms with Gasteiger partial charge in [-0.15, -0.1) is 0 Å². The van der Waals surface area contributed by atoms with Crippen molar-refractivity contribution in [1.82, 2.24) is 0 Å². The maximum absolute atomic E-state index is 13.7. The van der Waals surface area contributed by atoms with Gasteiger partial charge < -0.3 is 11.6 Å². The molecule has 36 heavy (non-hydrogen) atoms. The van der Waals surface area contributed by atoms with Crippen LogP contribution in [0, 0.1) is 13.8 Å². The van der Waals surface area contributed by atoms with Gasteiger partial charge in [-0.3, -0.25) is 0 Å². The number of hydrogen-bond donors (Lipinski definition) is 2. The fraction of sp³-hybridized carbons (Fsp3) is 0.333. The molecule has 0 aliphatic carbocycles. The van der Waals surface area contributed by atoms with E-state index in [1.165, 1.54) is 0 Å². The van der Waals surface area contributed by atoms with E-state index in [0.717, 1.165) is 11.1 Å². The molecule has 0 radical (unpaired) electrons. The summed E-state index contributed by atoms with van der Waals surface area (Å²) < 4.78 is 34.6. The first kappa shape index (κ1) is 29.7. The Bertz CT molecular complexity index is 1410. The normalized spacial score (nSPS) is 15.7. The molecule has 1 heterocycles. The Morgan fingerprint density at radius 1 is 0.833 bits per heavy atom. The average molecular weight is 648 g/mol. The number of rotatable bonds is 4. The summed E-state index contributed by atoms with van der Waals surface area (Å²) in [5, 5.41) is 21.1. The zero-order chi connectivity index (χ0) is 26.0. The summed E-state index contributed by atoms with van der Waals surface area (Å²) in [5.74, 6) is 0.194. The largest absolute Gasteiger partial charge is 1.00 e. The van der Waals surface area contributed by atoms with Crippen LogP contribution in [-0.4, -0.2) is 18.6 Å². The Morgan fingerprint density at radius 2 is 1.28 bits per heavy atom. The molecule has 0 amide bonds. The van der Waals surface area contributed by atoms with Gasteiger partial charge in [-0.2, -0.15) is 8.42 Å². The quantitative estimate of drug-likeness (QED) is 0.319. The van der Waals surface area contributed by atoms with Gasteiger partial charge in [0, 0.05) is 10.0 Å². The summed E-state index contributed by atoms with van der Waals surface area (Å²) in [7, 11) is -4.20. The first-order chi connectivity index (χ1) is 16.2. The number of aryl methyl sites for hydroxylation is 2. The molecule has 0 saturated heterocycles. The average Bonchev–Trinajstić information content (AvgIpc) is 3.01. The molecule has 0 spiro atoms. The van der Waals surface area contributed by atoms with E-state index in [-0.39, 0.29) is 59.2 Å². The van der Waals surface area contributed by atoms with Gasteiger partial charge in [-0.05, 0) is 121 Å². The third kappa shape index (κ3) is 4.61. The Hall–Kier alpha value is -0.870. The molecular formula is C27H29Br2NaO5S. The van der Waals surface area contributed by atoms with Crippen molar-refractivity contribution in [2.24, 2.45) is 0 Å². The molecule has 1 aliphatic heterocycles. The Labute approximate surface area is 253 Å². The first-order valence-electron chi connectivity index (χ1n) is 11.3. The molecule has 3 aromatic carbocycles. The maximum atomic E-state index is 13.7. The number of halogens is 2. The van der Waals surface area contributed by atoms with Crippen LogP contribution in [0.15, 0.2) is 50.2 Å². The summed E-state index contributed by atoms with van der Waals surface area (Å²) in [4.78, 5) is 0.0627. The Balaban J connectivity index is 0.00000241. The zero-order valence-corrected chi connectivity index (χ0v) is 27.4. The third-order valence-electron chi connectivity index (χ3n) is 6.65.